The van der Waals surface area contributed by atoms with E-state index in [0.717, 1.165) is 53.5 Å². The van der Waals surface area contributed by atoms with Crippen LogP contribution in [0, 0.1) is 13.8 Å². The van der Waals surface area contributed by atoms with Gasteiger partial charge < -0.3 is 10.2 Å². The molecule has 1 aliphatic rings. The van der Waals surface area contributed by atoms with Crippen molar-refractivity contribution < 1.29 is 9.59 Å². The quantitative estimate of drug-likeness (QED) is 0.448. The highest BCUT2D eigenvalue weighted by molar-refractivity contribution is 5.89. The van der Waals surface area contributed by atoms with E-state index in [1.54, 1.807) is 4.90 Å². The van der Waals surface area contributed by atoms with Crippen LogP contribution in [0.15, 0.2) is 78.9 Å². The number of hydrogen-bond acceptors (Lipinski definition) is 2. The molecule has 0 saturated heterocycles. The molecule has 0 aliphatic heterocycles. The van der Waals surface area contributed by atoms with E-state index < -0.39 is 6.04 Å². The van der Waals surface area contributed by atoms with E-state index in [9.17, 15) is 9.59 Å². The third kappa shape index (κ3) is 6.82. The van der Waals surface area contributed by atoms with E-state index in [0.29, 0.717) is 13.0 Å². The number of nitrogens with zero attached hydrogens (tertiary/aromatic N) is 1. The molecule has 3 aromatic carbocycles. The van der Waals surface area contributed by atoms with Crippen LogP contribution in [0.4, 0.5) is 0 Å². The van der Waals surface area contributed by atoms with Crippen molar-refractivity contribution in [2.45, 2.75) is 71.0 Å². The molecular weight excluding hydrogens is 432 g/mol. The lowest BCUT2D eigenvalue weighted by Crippen LogP contribution is -2.52. The zero-order valence-corrected chi connectivity index (χ0v) is 20.9. The molecular formula is C31H36N2O2. The Morgan fingerprint density at radius 3 is 2.29 bits per heavy atom. The minimum Gasteiger partial charge on any atom is -0.352 e. The molecule has 182 valence electrons. The summed E-state index contributed by atoms with van der Waals surface area (Å²) in [5.41, 5.74) is 5.32. The van der Waals surface area contributed by atoms with Gasteiger partial charge in [-0.2, -0.15) is 0 Å². The molecule has 1 atom stereocenters. The Bertz CT molecular complexity index is 1140. The number of hydrogen-bond donors (Lipinski definition) is 1. The summed E-state index contributed by atoms with van der Waals surface area (Å²) in [6.45, 7) is 4.49. The van der Waals surface area contributed by atoms with Crippen molar-refractivity contribution in [3.8, 4) is 0 Å². The maximum Gasteiger partial charge on any atom is 0.243 e. The molecule has 0 heterocycles. The van der Waals surface area contributed by atoms with Crippen molar-refractivity contribution in [1.29, 1.82) is 0 Å². The predicted octanol–water partition coefficient (Wildman–Crippen LogP) is 5.54. The van der Waals surface area contributed by atoms with Gasteiger partial charge in [0.05, 0.1) is 6.42 Å². The van der Waals surface area contributed by atoms with Crippen LogP contribution in [0.3, 0.4) is 0 Å². The van der Waals surface area contributed by atoms with Crippen LogP contribution in [-0.2, 0) is 29.0 Å². The molecule has 0 bridgehead atoms. The Labute approximate surface area is 209 Å². The highest BCUT2D eigenvalue weighted by Gasteiger charge is 2.32. The van der Waals surface area contributed by atoms with Crippen molar-refractivity contribution in [2.24, 2.45) is 0 Å². The van der Waals surface area contributed by atoms with Gasteiger partial charge >= 0.3 is 0 Å². The van der Waals surface area contributed by atoms with Gasteiger partial charge in [-0.1, -0.05) is 97.3 Å². The first-order valence-electron chi connectivity index (χ1n) is 12.7. The SMILES string of the molecule is Cc1cccc(CN(C(=O)Cc2ccccc2C)[C@@H](Cc2ccccc2)C(=O)NC2CCCC2)c1. The van der Waals surface area contributed by atoms with Gasteiger partial charge in [0.25, 0.3) is 0 Å². The number of amides is 2. The highest BCUT2D eigenvalue weighted by atomic mass is 16.2. The van der Waals surface area contributed by atoms with Crippen LogP contribution in [0.25, 0.3) is 0 Å². The van der Waals surface area contributed by atoms with E-state index in [2.05, 4.69) is 24.4 Å². The monoisotopic (exact) mass is 468 g/mol. The molecule has 0 spiro atoms. The van der Waals surface area contributed by atoms with Crippen LogP contribution in [0.1, 0.15) is 53.5 Å². The first-order valence-corrected chi connectivity index (χ1v) is 12.7. The highest BCUT2D eigenvalue weighted by Crippen LogP contribution is 2.21. The number of carbonyl (C=O) groups excluding carboxylic acids is 2. The van der Waals surface area contributed by atoms with Gasteiger partial charge in [0.2, 0.25) is 11.8 Å². The predicted molar refractivity (Wildman–Crippen MR) is 141 cm³/mol. The molecule has 1 N–H and O–H groups in total. The van der Waals surface area contributed by atoms with Gasteiger partial charge in [0, 0.05) is 19.0 Å². The maximum atomic E-state index is 13.9. The summed E-state index contributed by atoms with van der Waals surface area (Å²) in [7, 11) is 0. The Morgan fingerprint density at radius 1 is 0.886 bits per heavy atom. The molecule has 4 heteroatoms. The van der Waals surface area contributed by atoms with Crippen molar-refractivity contribution in [2.75, 3.05) is 0 Å². The van der Waals surface area contributed by atoms with E-state index in [-0.39, 0.29) is 24.3 Å². The molecule has 1 fully saturated rings. The third-order valence-corrected chi connectivity index (χ3v) is 7.01. The fraction of sp³-hybridized carbons (Fsp3) is 0.355. The second-order valence-electron chi connectivity index (χ2n) is 9.81. The minimum atomic E-state index is -0.574. The molecule has 1 saturated carbocycles. The Balaban J connectivity index is 1.67. The summed E-state index contributed by atoms with van der Waals surface area (Å²) in [4.78, 5) is 29.4. The zero-order chi connectivity index (χ0) is 24.6. The molecule has 0 unspecified atom stereocenters. The standard InChI is InChI=1S/C31H36N2O2/c1-23-11-10-15-26(19-23)22-33(30(34)21-27-16-7-6-12-24(27)2)29(20-25-13-4-3-5-14-25)31(35)32-28-17-8-9-18-28/h3-7,10-16,19,28-29H,8-9,17-18,20-22H2,1-2H3,(H,32,35)/t29-/m0/s1. The average molecular weight is 469 g/mol. The summed E-state index contributed by atoms with van der Waals surface area (Å²) >= 11 is 0. The zero-order valence-electron chi connectivity index (χ0n) is 20.9. The summed E-state index contributed by atoms with van der Waals surface area (Å²) in [5.74, 6) is -0.0742. The van der Waals surface area contributed by atoms with Crippen molar-refractivity contribution in [1.82, 2.24) is 10.2 Å². The van der Waals surface area contributed by atoms with Crippen molar-refractivity contribution in [3.05, 3.63) is 107 Å². The largest absolute Gasteiger partial charge is 0.352 e. The first-order chi connectivity index (χ1) is 17.0. The van der Waals surface area contributed by atoms with Crippen LogP contribution >= 0.6 is 0 Å². The smallest absolute Gasteiger partial charge is 0.243 e. The first kappa shape index (κ1) is 24.7. The molecule has 0 radical (unpaired) electrons. The molecule has 2 amide bonds. The molecule has 0 aromatic heterocycles. The molecule has 4 rings (SSSR count). The van der Waals surface area contributed by atoms with Gasteiger partial charge in [0.1, 0.15) is 6.04 Å². The lowest BCUT2D eigenvalue weighted by molar-refractivity contribution is -0.141. The average Bonchev–Trinajstić information content (AvgIpc) is 3.36. The van der Waals surface area contributed by atoms with Gasteiger partial charge in [-0.05, 0) is 48.9 Å². The molecule has 3 aromatic rings. The summed E-state index contributed by atoms with van der Waals surface area (Å²) in [6, 6.07) is 25.8. The van der Waals surface area contributed by atoms with Crippen LogP contribution < -0.4 is 5.32 Å². The van der Waals surface area contributed by atoms with E-state index >= 15 is 0 Å². The normalized spacial score (nSPS) is 14.5. The van der Waals surface area contributed by atoms with Gasteiger partial charge in [0.15, 0.2) is 0 Å². The Hall–Kier alpha value is -3.40. The lowest BCUT2D eigenvalue weighted by Gasteiger charge is -2.32. The summed E-state index contributed by atoms with van der Waals surface area (Å²) < 4.78 is 0. The Morgan fingerprint density at radius 2 is 1.57 bits per heavy atom. The lowest BCUT2D eigenvalue weighted by atomic mass is 9.99. The van der Waals surface area contributed by atoms with E-state index in [1.165, 1.54) is 0 Å². The number of aryl methyl sites for hydroxylation is 2. The van der Waals surface area contributed by atoms with Crippen LogP contribution in [-0.4, -0.2) is 28.8 Å². The minimum absolute atomic E-state index is 0.0247. The fourth-order valence-electron chi connectivity index (χ4n) is 5.00. The van der Waals surface area contributed by atoms with E-state index in [1.807, 2.05) is 73.7 Å². The molecule has 4 nitrogen and oxygen atoms in total. The van der Waals surface area contributed by atoms with Crippen LogP contribution in [0.2, 0.25) is 0 Å². The van der Waals surface area contributed by atoms with Gasteiger partial charge in [-0.3, -0.25) is 9.59 Å². The van der Waals surface area contributed by atoms with Gasteiger partial charge in [-0.25, -0.2) is 0 Å². The third-order valence-electron chi connectivity index (χ3n) is 7.01. The molecule has 35 heavy (non-hydrogen) atoms. The fourth-order valence-corrected chi connectivity index (χ4v) is 5.00. The number of carbonyl (C=O) groups is 2. The molecule has 1 aliphatic carbocycles. The van der Waals surface area contributed by atoms with E-state index in [4.69, 9.17) is 0 Å². The second kappa shape index (κ2) is 11.8. The van der Waals surface area contributed by atoms with Crippen molar-refractivity contribution in [3.63, 3.8) is 0 Å². The second-order valence-corrected chi connectivity index (χ2v) is 9.81. The maximum absolute atomic E-state index is 13.9. The number of nitrogens with one attached hydrogen (secondary N) is 1. The summed E-state index contributed by atoms with van der Waals surface area (Å²) in [6.07, 6.45) is 5.09. The summed E-state index contributed by atoms with van der Waals surface area (Å²) in [5, 5.41) is 3.27. The van der Waals surface area contributed by atoms with Crippen molar-refractivity contribution >= 4 is 11.8 Å². The number of rotatable bonds is 9. The Kier molecular flexibility index (Phi) is 8.36. The van der Waals surface area contributed by atoms with Gasteiger partial charge in [-0.15, -0.1) is 0 Å². The van der Waals surface area contributed by atoms with Crippen LogP contribution in [0.5, 0.6) is 0 Å². The topological polar surface area (TPSA) is 49.4 Å². The number of benzene rings is 3.